The van der Waals surface area contributed by atoms with Crippen molar-refractivity contribution in [3.63, 3.8) is 0 Å². The third-order valence-corrected chi connectivity index (χ3v) is 2.11. The summed E-state index contributed by atoms with van der Waals surface area (Å²) in [5.41, 5.74) is 0.809. The Kier molecular flexibility index (Phi) is 3.34. The highest BCUT2D eigenvalue weighted by atomic mass is 16.2. The summed E-state index contributed by atoms with van der Waals surface area (Å²) in [5.74, 6) is 0.519. The number of hydrogen-bond donors (Lipinski definition) is 2. The zero-order valence-electron chi connectivity index (χ0n) is 9.42. The van der Waals surface area contributed by atoms with Crippen molar-refractivity contribution in [1.82, 2.24) is 20.1 Å². The molecule has 0 aliphatic rings. The first-order valence-corrected chi connectivity index (χ1v) is 5.18. The summed E-state index contributed by atoms with van der Waals surface area (Å²) in [6.45, 7) is 0.388. The standard InChI is InChI=1S/C11H13N5O/c1-16-7-5-10(15-16)14-11(17)13-8-9-4-2-3-6-12-9/h2-7H,8H2,1H3,(H2,13,14,15,17). The van der Waals surface area contributed by atoms with Crippen LogP contribution in [0.5, 0.6) is 0 Å². The second kappa shape index (κ2) is 5.11. The first-order chi connectivity index (χ1) is 8.24. The number of carbonyl (C=O) groups excluding carboxylic acids is 1. The molecule has 0 radical (unpaired) electrons. The third-order valence-electron chi connectivity index (χ3n) is 2.11. The summed E-state index contributed by atoms with van der Waals surface area (Å²) < 4.78 is 1.62. The monoisotopic (exact) mass is 231 g/mol. The van der Waals surface area contributed by atoms with E-state index < -0.39 is 0 Å². The molecule has 2 aromatic rings. The van der Waals surface area contributed by atoms with Gasteiger partial charge in [-0.05, 0) is 12.1 Å². The Labute approximate surface area is 98.7 Å². The second-order valence-electron chi connectivity index (χ2n) is 3.50. The number of amides is 2. The summed E-state index contributed by atoms with van der Waals surface area (Å²) in [6, 6.07) is 6.98. The predicted molar refractivity (Wildman–Crippen MR) is 63.3 cm³/mol. The van der Waals surface area contributed by atoms with Crippen LogP contribution < -0.4 is 10.6 Å². The number of hydrogen-bond acceptors (Lipinski definition) is 3. The van der Waals surface area contributed by atoms with Crippen molar-refractivity contribution in [2.45, 2.75) is 6.54 Å². The number of rotatable bonds is 3. The van der Waals surface area contributed by atoms with Gasteiger partial charge in [-0.15, -0.1) is 0 Å². The van der Waals surface area contributed by atoms with E-state index in [1.807, 2.05) is 18.2 Å². The fourth-order valence-electron chi connectivity index (χ4n) is 1.32. The fraction of sp³-hybridized carbons (Fsp3) is 0.182. The van der Waals surface area contributed by atoms with E-state index in [1.54, 1.807) is 30.2 Å². The van der Waals surface area contributed by atoms with E-state index in [0.717, 1.165) is 5.69 Å². The normalized spacial score (nSPS) is 9.94. The van der Waals surface area contributed by atoms with Gasteiger partial charge in [-0.25, -0.2) is 4.79 Å². The quantitative estimate of drug-likeness (QED) is 0.832. The zero-order chi connectivity index (χ0) is 12.1. The lowest BCUT2D eigenvalue weighted by Crippen LogP contribution is -2.28. The third kappa shape index (κ3) is 3.30. The molecular weight excluding hydrogens is 218 g/mol. The largest absolute Gasteiger partial charge is 0.332 e. The Morgan fingerprint density at radius 1 is 1.41 bits per heavy atom. The molecule has 2 N–H and O–H groups in total. The highest BCUT2D eigenvalue weighted by Crippen LogP contribution is 2.00. The number of aromatic nitrogens is 3. The molecule has 0 aliphatic heterocycles. The van der Waals surface area contributed by atoms with E-state index in [9.17, 15) is 4.79 Å². The van der Waals surface area contributed by atoms with Gasteiger partial charge in [0.05, 0.1) is 12.2 Å². The lowest BCUT2D eigenvalue weighted by atomic mass is 10.3. The number of carbonyl (C=O) groups is 1. The lowest BCUT2D eigenvalue weighted by Gasteiger charge is -2.04. The van der Waals surface area contributed by atoms with E-state index in [4.69, 9.17) is 0 Å². The van der Waals surface area contributed by atoms with Crippen molar-refractivity contribution in [3.05, 3.63) is 42.4 Å². The maximum absolute atomic E-state index is 11.5. The molecule has 2 aromatic heterocycles. The van der Waals surface area contributed by atoms with E-state index in [2.05, 4.69) is 20.7 Å². The summed E-state index contributed by atoms with van der Waals surface area (Å²) >= 11 is 0. The molecule has 0 aliphatic carbocycles. The molecule has 0 bridgehead atoms. The first kappa shape index (κ1) is 11.1. The van der Waals surface area contributed by atoms with Gasteiger partial charge >= 0.3 is 6.03 Å². The van der Waals surface area contributed by atoms with Crippen LogP contribution >= 0.6 is 0 Å². The topological polar surface area (TPSA) is 71.8 Å². The Morgan fingerprint density at radius 2 is 2.29 bits per heavy atom. The van der Waals surface area contributed by atoms with Crippen molar-refractivity contribution in [3.8, 4) is 0 Å². The highest BCUT2D eigenvalue weighted by molar-refractivity contribution is 5.87. The Bertz CT molecular complexity index is 494. The molecule has 0 saturated carbocycles. The number of anilines is 1. The second-order valence-corrected chi connectivity index (χ2v) is 3.50. The van der Waals surface area contributed by atoms with Crippen LogP contribution in [-0.4, -0.2) is 20.8 Å². The molecule has 2 heterocycles. The van der Waals surface area contributed by atoms with Crippen molar-refractivity contribution >= 4 is 11.8 Å². The molecule has 0 saturated heterocycles. The van der Waals surface area contributed by atoms with Crippen LogP contribution in [0.3, 0.4) is 0 Å². The van der Waals surface area contributed by atoms with Gasteiger partial charge < -0.3 is 5.32 Å². The average molecular weight is 231 g/mol. The maximum Gasteiger partial charge on any atom is 0.320 e. The number of urea groups is 1. The van der Waals surface area contributed by atoms with Crippen LogP contribution in [0.15, 0.2) is 36.7 Å². The molecule has 0 atom stereocenters. The van der Waals surface area contributed by atoms with Crippen molar-refractivity contribution in [2.24, 2.45) is 7.05 Å². The number of pyridine rings is 1. The molecule has 0 spiro atoms. The molecule has 88 valence electrons. The van der Waals surface area contributed by atoms with Gasteiger partial charge in [0.1, 0.15) is 0 Å². The van der Waals surface area contributed by atoms with E-state index in [0.29, 0.717) is 12.4 Å². The van der Waals surface area contributed by atoms with Crippen molar-refractivity contribution < 1.29 is 4.79 Å². The van der Waals surface area contributed by atoms with Crippen LogP contribution in [-0.2, 0) is 13.6 Å². The SMILES string of the molecule is Cn1ccc(NC(=O)NCc2ccccn2)n1. The Balaban J connectivity index is 1.82. The molecule has 0 unspecified atom stereocenters. The lowest BCUT2D eigenvalue weighted by molar-refractivity contribution is 0.251. The number of aryl methyl sites for hydroxylation is 1. The molecule has 6 heteroatoms. The van der Waals surface area contributed by atoms with Crippen LogP contribution in [0.4, 0.5) is 10.6 Å². The summed E-state index contributed by atoms with van der Waals surface area (Å²) in [7, 11) is 1.79. The van der Waals surface area contributed by atoms with Gasteiger partial charge in [0, 0.05) is 25.5 Å². The minimum absolute atomic E-state index is 0.297. The van der Waals surface area contributed by atoms with E-state index in [-0.39, 0.29) is 6.03 Å². The molecule has 17 heavy (non-hydrogen) atoms. The van der Waals surface area contributed by atoms with Crippen molar-refractivity contribution in [2.75, 3.05) is 5.32 Å². The summed E-state index contributed by atoms with van der Waals surface area (Å²) in [4.78, 5) is 15.6. The molecule has 0 aromatic carbocycles. The van der Waals surface area contributed by atoms with Gasteiger partial charge in [0.15, 0.2) is 5.82 Å². The summed E-state index contributed by atoms with van der Waals surface area (Å²) in [5, 5.41) is 9.35. The van der Waals surface area contributed by atoms with Crippen LogP contribution in [0.1, 0.15) is 5.69 Å². The van der Waals surface area contributed by atoms with Gasteiger partial charge in [-0.1, -0.05) is 6.07 Å². The van der Waals surface area contributed by atoms with E-state index >= 15 is 0 Å². The van der Waals surface area contributed by atoms with Crippen molar-refractivity contribution in [1.29, 1.82) is 0 Å². The minimum Gasteiger partial charge on any atom is -0.332 e. The fourth-order valence-corrected chi connectivity index (χ4v) is 1.32. The van der Waals surface area contributed by atoms with Crippen LogP contribution in [0, 0.1) is 0 Å². The zero-order valence-corrected chi connectivity index (χ0v) is 9.42. The Hall–Kier alpha value is -2.37. The van der Waals surface area contributed by atoms with Gasteiger partial charge in [0.2, 0.25) is 0 Å². The number of nitrogens with one attached hydrogen (secondary N) is 2. The minimum atomic E-state index is -0.297. The highest BCUT2D eigenvalue weighted by Gasteiger charge is 2.03. The molecule has 2 rings (SSSR count). The first-order valence-electron chi connectivity index (χ1n) is 5.18. The predicted octanol–water partition coefficient (Wildman–Crippen LogP) is 1.14. The smallest absolute Gasteiger partial charge is 0.320 e. The van der Waals surface area contributed by atoms with Gasteiger partial charge in [-0.2, -0.15) is 5.10 Å². The molecule has 2 amide bonds. The van der Waals surface area contributed by atoms with Crippen LogP contribution in [0.25, 0.3) is 0 Å². The summed E-state index contributed by atoms with van der Waals surface area (Å²) in [6.07, 6.45) is 3.45. The molecule has 0 fully saturated rings. The van der Waals surface area contributed by atoms with Gasteiger partial charge in [-0.3, -0.25) is 15.0 Å². The molecular formula is C11H13N5O. The molecule has 6 nitrogen and oxygen atoms in total. The maximum atomic E-state index is 11.5. The average Bonchev–Trinajstić information content (AvgIpc) is 2.73. The Morgan fingerprint density at radius 3 is 2.94 bits per heavy atom. The van der Waals surface area contributed by atoms with Crippen LogP contribution in [0.2, 0.25) is 0 Å². The van der Waals surface area contributed by atoms with Gasteiger partial charge in [0.25, 0.3) is 0 Å². The number of nitrogens with zero attached hydrogens (tertiary/aromatic N) is 3. The van der Waals surface area contributed by atoms with E-state index in [1.165, 1.54) is 0 Å².